The highest BCUT2D eigenvalue weighted by Crippen LogP contribution is 2.34. The standard InChI is InChI=1S/C49H31N7/c50-32-33-14-12-21-39(30-33)40-22-13-23-41(31-40)48-54-46(37-19-8-3-9-20-37)55-49(56-48)43-25-11-10-24-42(43)34-26-28-38(29-27-34)47-52-44(35-15-4-1-5-16-35)51-45(53-47)36-17-6-2-7-18-36/h1-31H. The topological polar surface area (TPSA) is 101 Å². The summed E-state index contributed by atoms with van der Waals surface area (Å²) < 4.78 is 0. The summed E-state index contributed by atoms with van der Waals surface area (Å²) >= 11 is 0. The Bertz CT molecular complexity index is 2790. The third-order valence-corrected chi connectivity index (χ3v) is 9.43. The van der Waals surface area contributed by atoms with Crippen LogP contribution in [0.2, 0.25) is 0 Å². The van der Waals surface area contributed by atoms with Crippen LogP contribution in [0.3, 0.4) is 0 Å². The van der Waals surface area contributed by atoms with Crippen LogP contribution >= 0.6 is 0 Å². The second-order valence-corrected chi connectivity index (χ2v) is 13.1. The summed E-state index contributed by atoms with van der Waals surface area (Å²) in [5.74, 6) is 3.51. The van der Waals surface area contributed by atoms with Crippen molar-refractivity contribution in [3.63, 3.8) is 0 Å². The minimum atomic E-state index is 0.551. The first-order valence-corrected chi connectivity index (χ1v) is 18.2. The molecule has 0 radical (unpaired) electrons. The minimum absolute atomic E-state index is 0.551. The molecule has 0 bridgehead atoms. The lowest BCUT2D eigenvalue weighted by atomic mass is 9.97. The molecule has 0 N–H and O–H groups in total. The van der Waals surface area contributed by atoms with Gasteiger partial charge in [0, 0.05) is 33.4 Å². The van der Waals surface area contributed by atoms with Gasteiger partial charge in [0.05, 0.1) is 11.6 Å². The molecule has 7 heteroatoms. The van der Waals surface area contributed by atoms with Crippen molar-refractivity contribution in [1.82, 2.24) is 29.9 Å². The van der Waals surface area contributed by atoms with Crippen molar-refractivity contribution in [3.05, 3.63) is 194 Å². The summed E-state index contributed by atoms with van der Waals surface area (Å²) in [5.41, 5.74) is 9.80. The number of nitrogens with zero attached hydrogens (tertiary/aromatic N) is 7. The summed E-state index contributed by atoms with van der Waals surface area (Å²) in [6.45, 7) is 0. The average Bonchev–Trinajstić information content (AvgIpc) is 3.29. The van der Waals surface area contributed by atoms with E-state index in [4.69, 9.17) is 29.9 Å². The molecule has 0 aliphatic carbocycles. The summed E-state index contributed by atoms with van der Waals surface area (Å²) in [6.07, 6.45) is 0. The zero-order valence-corrected chi connectivity index (χ0v) is 30.0. The summed E-state index contributed by atoms with van der Waals surface area (Å²) in [5, 5.41) is 9.50. The molecule has 9 rings (SSSR count). The highest BCUT2D eigenvalue weighted by atomic mass is 15.0. The van der Waals surface area contributed by atoms with Gasteiger partial charge < -0.3 is 0 Å². The first-order valence-electron chi connectivity index (χ1n) is 18.2. The van der Waals surface area contributed by atoms with Crippen LogP contribution in [-0.2, 0) is 0 Å². The SMILES string of the molecule is N#Cc1cccc(-c2cccc(-c3nc(-c4ccccc4)nc(-c4ccccc4-c4ccc(-c5nc(-c6ccccc6)nc(-c6ccccc6)n5)cc4)n3)c2)c1. The van der Waals surface area contributed by atoms with Crippen molar-refractivity contribution in [1.29, 1.82) is 5.26 Å². The Kier molecular flexibility index (Phi) is 9.18. The third-order valence-electron chi connectivity index (χ3n) is 9.43. The Balaban J connectivity index is 1.12. The number of hydrogen-bond donors (Lipinski definition) is 0. The van der Waals surface area contributed by atoms with Crippen molar-refractivity contribution >= 4 is 0 Å². The van der Waals surface area contributed by atoms with E-state index in [1.165, 1.54) is 0 Å². The molecule has 0 aliphatic heterocycles. The van der Waals surface area contributed by atoms with Gasteiger partial charge in [-0.1, -0.05) is 170 Å². The third kappa shape index (κ3) is 7.06. The van der Waals surface area contributed by atoms with Gasteiger partial charge in [-0.15, -0.1) is 0 Å². The van der Waals surface area contributed by atoms with Gasteiger partial charge in [-0.2, -0.15) is 5.26 Å². The lowest BCUT2D eigenvalue weighted by Crippen LogP contribution is -2.01. The highest BCUT2D eigenvalue weighted by Gasteiger charge is 2.17. The van der Waals surface area contributed by atoms with E-state index in [9.17, 15) is 5.26 Å². The van der Waals surface area contributed by atoms with Crippen LogP contribution in [0, 0.1) is 11.3 Å². The molecule has 0 amide bonds. The Morgan fingerprint density at radius 2 is 0.625 bits per heavy atom. The van der Waals surface area contributed by atoms with E-state index in [0.29, 0.717) is 40.5 Å². The van der Waals surface area contributed by atoms with Crippen LogP contribution in [0.15, 0.2) is 188 Å². The van der Waals surface area contributed by atoms with Crippen molar-refractivity contribution in [2.24, 2.45) is 0 Å². The summed E-state index contributed by atoms with van der Waals surface area (Å²) in [6, 6.07) is 64.2. The number of benzene rings is 7. The second kappa shape index (κ2) is 15.2. The molecule has 0 atom stereocenters. The molecule has 0 saturated heterocycles. The molecule has 7 nitrogen and oxygen atoms in total. The lowest BCUT2D eigenvalue weighted by Gasteiger charge is -2.13. The monoisotopic (exact) mass is 717 g/mol. The van der Waals surface area contributed by atoms with Crippen molar-refractivity contribution in [2.45, 2.75) is 0 Å². The highest BCUT2D eigenvalue weighted by molar-refractivity contribution is 5.83. The van der Waals surface area contributed by atoms with Gasteiger partial charge in [-0.05, 0) is 40.5 Å². The number of nitriles is 1. The van der Waals surface area contributed by atoms with Gasteiger partial charge in [-0.25, -0.2) is 29.9 Å². The van der Waals surface area contributed by atoms with Crippen molar-refractivity contribution < 1.29 is 0 Å². The quantitative estimate of drug-likeness (QED) is 0.154. The smallest absolute Gasteiger partial charge is 0.164 e. The van der Waals surface area contributed by atoms with E-state index >= 15 is 0 Å². The van der Waals surface area contributed by atoms with Crippen molar-refractivity contribution in [3.8, 4) is 96.7 Å². The molecular weight excluding hydrogens is 687 g/mol. The zero-order chi connectivity index (χ0) is 37.7. The fraction of sp³-hybridized carbons (Fsp3) is 0. The second-order valence-electron chi connectivity index (χ2n) is 13.1. The van der Waals surface area contributed by atoms with Crippen LogP contribution in [0.1, 0.15) is 5.56 Å². The Morgan fingerprint density at radius 3 is 1.14 bits per heavy atom. The molecule has 0 unspecified atom stereocenters. The molecule has 0 spiro atoms. The largest absolute Gasteiger partial charge is 0.208 e. The number of hydrogen-bond acceptors (Lipinski definition) is 7. The summed E-state index contributed by atoms with van der Waals surface area (Å²) in [4.78, 5) is 29.8. The van der Waals surface area contributed by atoms with Crippen molar-refractivity contribution in [2.75, 3.05) is 0 Å². The van der Waals surface area contributed by atoms with Crippen LogP contribution in [-0.4, -0.2) is 29.9 Å². The van der Waals surface area contributed by atoms with Crippen LogP contribution in [0.5, 0.6) is 0 Å². The molecule has 2 heterocycles. The lowest BCUT2D eigenvalue weighted by molar-refractivity contribution is 1.07. The zero-order valence-electron chi connectivity index (χ0n) is 30.0. The molecular formula is C49H31N7. The molecule has 2 aromatic heterocycles. The van der Waals surface area contributed by atoms with E-state index in [2.05, 4.69) is 30.3 Å². The molecule has 0 aliphatic rings. The fourth-order valence-electron chi connectivity index (χ4n) is 6.61. The van der Waals surface area contributed by atoms with Crippen LogP contribution < -0.4 is 0 Å². The molecule has 262 valence electrons. The molecule has 56 heavy (non-hydrogen) atoms. The molecule has 9 aromatic rings. The minimum Gasteiger partial charge on any atom is -0.208 e. The van der Waals surface area contributed by atoms with E-state index in [-0.39, 0.29) is 0 Å². The van der Waals surface area contributed by atoms with E-state index in [0.717, 1.165) is 55.6 Å². The van der Waals surface area contributed by atoms with E-state index in [1.807, 2.05) is 158 Å². The van der Waals surface area contributed by atoms with E-state index in [1.54, 1.807) is 6.07 Å². The normalized spacial score (nSPS) is 10.8. The van der Waals surface area contributed by atoms with Gasteiger partial charge in [0.25, 0.3) is 0 Å². The summed E-state index contributed by atoms with van der Waals surface area (Å²) in [7, 11) is 0. The molecule has 7 aromatic carbocycles. The van der Waals surface area contributed by atoms with Crippen LogP contribution in [0.4, 0.5) is 0 Å². The maximum atomic E-state index is 9.50. The van der Waals surface area contributed by atoms with Gasteiger partial charge in [0.2, 0.25) is 0 Å². The predicted octanol–water partition coefficient (Wildman–Crippen LogP) is 11.3. The van der Waals surface area contributed by atoms with Gasteiger partial charge in [-0.3, -0.25) is 0 Å². The predicted molar refractivity (Wildman–Crippen MR) is 221 cm³/mol. The van der Waals surface area contributed by atoms with Gasteiger partial charge >= 0.3 is 0 Å². The Hall–Kier alpha value is -7.95. The Morgan fingerprint density at radius 1 is 0.268 bits per heavy atom. The fourth-order valence-corrected chi connectivity index (χ4v) is 6.61. The van der Waals surface area contributed by atoms with Crippen LogP contribution in [0.25, 0.3) is 90.6 Å². The molecule has 0 saturated carbocycles. The maximum absolute atomic E-state index is 9.50. The van der Waals surface area contributed by atoms with E-state index < -0.39 is 0 Å². The first kappa shape index (κ1) is 33.9. The number of rotatable bonds is 8. The first-order chi connectivity index (χ1) is 27.7. The number of aromatic nitrogens is 6. The van der Waals surface area contributed by atoms with Gasteiger partial charge in [0.1, 0.15) is 0 Å². The Labute approximate surface area is 324 Å². The molecule has 0 fully saturated rings. The maximum Gasteiger partial charge on any atom is 0.164 e. The van der Waals surface area contributed by atoms with Gasteiger partial charge in [0.15, 0.2) is 34.9 Å². The average molecular weight is 718 g/mol.